The lowest BCUT2D eigenvalue weighted by molar-refractivity contribution is 0.188. The molecule has 0 spiro atoms. The number of benzene rings is 1. The van der Waals surface area contributed by atoms with Crippen molar-refractivity contribution in [1.29, 1.82) is 0 Å². The van der Waals surface area contributed by atoms with Gasteiger partial charge in [0.15, 0.2) is 0 Å². The van der Waals surface area contributed by atoms with Crippen LogP contribution >= 0.6 is 15.9 Å². The van der Waals surface area contributed by atoms with E-state index in [1.54, 1.807) is 6.08 Å². The van der Waals surface area contributed by atoms with Crippen LogP contribution in [0.5, 0.6) is 0 Å². The molecule has 0 bridgehead atoms. The van der Waals surface area contributed by atoms with Gasteiger partial charge in [0.1, 0.15) is 0 Å². The van der Waals surface area contributed by atoms with E-state index in [0.717, 1.165) is 5.56 Å². The Morgan fingerprint density at radius 1 is 1.33 bits per heavy atom. The van der Waals surface area contributed by atoms with Crippen LogP contribution in [0, 0.1) is 0 Å². The monoisotopic (exact) mass is 226 g/mol. The maximum atomic E-state index is 9.67. The molecule has 1 aromatic carbocycles. The molecule has 1 nitrogen and oxygen atoms in total. The Balaban J connectivity index is 2.78. The molecule has 0 saturated carbocycles. The van der Waals surface area contributed by atoms with Crippen LogP contribution in [0.2, 0.25) is 0 Å². The summed E-state index contributed by atoms with van der Waals surface area (Å²) in [5, 5.41) is 9.67. The molecule has 0 aliphatic carbocycles. The predicted octanol–water partition coefficient (Wildman–Crippen LogP) is 2.67. The largest absolute Gasteiger partial charge is 0.387 e. The Hall–Kier alpha value is -0.600. The average Bonchev–Trinajstić information content (AvgIpc) is 2.17. The first kappa shape index (κ1) is 9.49. The molecule has 12 heavy (non-hydrogen) atoms. The van der Waals surface area contributed by atoms with Gasteiger partial charge in [-0.25, -0.2) is 0 Å². The van der Waals surface area contributed by atoms with Gasteiger partial charge in [-0.05, 0) is 5.56 Å². The molecule has 0 heterocycles. The average molecular weight is 227 g/mol. The third kappa shape index (κ3) is 2.19. The lowest BCUT2D eigenvalue weighted by Gasteiger charge is -2.13. The minimum atomic E-state index is -0.510. The molecule has 0 fully saturated rings. The summed E-state index contributed by atoms with van der Waals surface area (Å²) in [4.78, 5) is -0.0834. The van der Waals surface area contributed by atoms with Gasteiger partial charge in [0.05, 0.1) is 10.9 Å². The van der Waals surface area contributed by atoms with E-state index in [9.17, 15) is 5.11 Å². The molecule has 2 heteroatoms. The van der Waals surface area contributed by atoms with Crippen LogP contribution in [0.1, 0.15) is 11.7 Å². The molecule has 0 aliphatic rings. The maximum Gasteiger partial charge on any atom is 0.0949 e. The molecule has 0 amide bonds. The third-order valence-electron chi connectivity index (χ3n) is 1.67. The fraction of sp³-hybridized carbons (Fsp3) is 0.200. The predicted molar refractivity (Wildman–Crippen MR) is 54.3 cm³/mol. The summed E-state index contributed by atoms with van der Waals surface area (Å²) in [6, 6.07) is 9.51. The van der Waals surface area contributed by atoms with Crippen molar-refractivity contribution in [1.82, 2.24) is 0 Å². The van der Waals surface area contributed by atoms with Gasteiger partial charge in [0, 0.05) is 0 Å². The third-order valence-corrected chi connectivity index (χ3v) is 2.54. The quantitative estimate of drug-likeness (QED) is 0.621. The van der Waals surface area contributed by atoms with Crippen molar-refractivity contribution in [3.05, 3.63) is 48.6 Å². The Morgan fingerprint density at radius 3 is 2.42 bits per heavy atom. The second-order valence-corrected chi connectivity index (χ2v) is 3.59. The normalized spacial score (nSPS) is 15.2. The summed E-state index contributed by atoms with van der Waals surface area (Å²) >= 11 is 3.31. The van der Waals surface area contributed by atoms with Crippen molar-refractivity contribution in [2.45, 2.75) is 10.9 Å². The van der Waals surface area contributed by atoms with Crippen LogP contribution < -0.4 is 0 Å². The zero-order chi connectivity index (χ0) is 8.97. The number of aliphatic hydroxyl groups excluding tert-OH is 1. The van der Waals surface area contributed by atoms with Crippen molar-refractivity contribution in [3.8, 4) is 0 Å². The van der Waals surface area contributed by atoms with E-state index < -0.39 is 6.10 Å². The molecule has 0 saturated heterocycles. The molecule has 0 radical (unpaired) electrons. The molecule has 0 aromatic heterocycles. The van der Waals surface area contributed by atoms with Gasteiger partial charge >= 0.3 is 0 Å². The number of hydrogen-bond donors (Lipinski definition) is 1. The lowest BCUT2D eigenvalue weighted by atomic mass is 10.1. The van der Waals surface area contributed by atoms with Crippen molar-refractivity contribution in [2.24, 2.45) is 0 Å². The summed E-state index contributed by atoms with van der Waals surface area (Å²) in [5.41, 5.74) is 0.902. The first-order chi connectivity index (χ1) is 5.75. The summed E-state index contributed by atoms with van der Waals surface area (Å²) < 4.78 is 0. The Morgan fingerprint density at radius 2 is 1.92 bits per heavy atom. The van der Waals surface area contributed by atoms with E-state index in [0.29, 0.717) is 0 Å². The van der Waals surface area contributed by atoms with Crippen LogP contribution in [0.3, 0.4) is 0 Å². The molecule has 2 atom stereocenters. The molecule has 0 unspecified atom stereocenters. The molecule has 1 aromatic rings. The second kappa shape index (κ2) is 4.43. The number of halogens is 1. The Labute approximate surface area is 80.9 Å². The molecule has 1 rings (SSSR count). The van der Waals surface area contributed by atoms with Crippen LogP contribution in [-0.2, 0) is 0 Å². The molecular formula is C10H11BrO. The topological polar surface area (TPSA) is 20.2 Å². The van der Waals surface area contributed by atoms with Gasteiger partial charge in [0.2, 0.25) is 0 Å². The van der Waals surface area contributed by atoms with Crippen LogP contribution in [0.25, 0.3) is 0 Å². The van der Waals surface area contributed by atoms with E-state index in [-0.39, 0.29) is 4.83 Å². The molecular weight excluding hydrogens is 216 g/mol. The highest BCUT2D eigenvalue weighted by atomic mass is 79.9. The first-order valence-electron chi connectivity index (χ1n) is 3.75. The van der Waals surface area contributed by atoms with Crippen LogP contribution in [-0.4, -0.2) is 9.93 Å². The fourth-order valence-corrected chi connectivity index (χ4v) is 1.27. The molecule has 1 N–H and O–H groups in total. The van der Waals surface area contributed by atoms with Crippen molar-refractivity contribution in [3.63, 3.8) is 0 Å². The van der Waals surface area contributed by atoms with E-state index in [2.05, 4.69) is 22.5 Å². The van der Waals surface area contributed by atoms with E-state index >= 15 is 0 Å². The SMILES string of the molecule is C=C[C@@H](Br)[C@@H](O)c1ccccc1. The van der Waals surface area contributed by atoms with Crippen molar-refractivity contribution < 1.29 is 5.11 Å². The number of alkyl halides is 1. The second-order valence-electron chi connectivity index (χ2n) is 2.54. The van der Waals surface area contributed by atoms with Gasteiger partial charge in [-0.1, -0.05) is 52.3 Å². The highest BCUT2D eigenvalue weighted by Gasteiger charge is 2.13. The summed E-state index contributed by atoms with van der Waals surface area (Å²) in [6.45, 7) is 3.60. The van der Waals surface area contributed by atoms with E-state index in [1.165, 1.54) is 0 Å². The van der Waals surface area contributed by atoms with Crippen molar-refractivity contribution >= 4 is 15.9 Å². The number of aliphatic hydroxyl groups is 1. The van der Waals surface area contributed by atoms with Gasteiger partial charge in [-0.2, -0.15) is 0 Å². The minimum Gasteiger partial charge on any atom is -0.387 e. The smallest absolute Gasteiger partial charge is 0.0949 e. The Kier molecular flexibility index (Phi) is 3.50. The number of rotatable bonds is 3. The Bertz CT molecular complexity index is 245. The highest BCUT2D eigenvalue weighted by Crippen LogP contribution is 2.22. The minimum absolute atomic E-state index is 0.0834. The zero-order valence-corrected chi connectivity index (χ0v) is 8.24. The highest BCUT2D eigenvalue weighted by molar-refractivity contribution is 9.09. The maximum absolute atomic E-state index is 9.67. The van der Waals surface area contributed by atoms with Gasteiger partial charge in [-0.3, -0.25) is 0 Å². The van der Waals surface area contributed by atoms with Crippen LogP contribution in [0.4, 0.5) is 0 Å². The lowest BCUT2D eigenvalue weighted by Crippen LogP contribution is -2.08. The first-order valence-corrected chi connectivity index (χ1v) is 4.67. The standard InChI is InChI=1S/C10H11BrO/c1-2-9(11)10(12)8-6-4-3-5-7-8/h2-7,9-10,12H,1H2/t9-,10+/m1/s1. The van der Waals surface area contributed by atoms with Gasteiger partial charge in [-0.15, -0.1) is 6.58 Å². The van der Waals surface area contributed by atoms with Crippen molar-refractivity contribution in [2.75, 3.05) is 0 Å². The van der Waals surface area contributed by atoms with Crippen LogP contribution in [0.15, 0.2) is 43.0 Å². The van der Waals surface area contributed by atoms with Gasteiger partial charge < -0.3 is 5.11 Å². The summed E-state index contributed by atoms with van der Waals surface area (Å²) in [5.74, 6) is 0. The van der Waals surface area contributed by atoms with Gasteiger partial charge in [0.25, 0.3) is 0 Å². The van der Waals surface area contributed by atoms with E-state index in [4.69, 9.17) is 0 Å². The summed E-state index contributed by atoms with van der Waals surface area (Å²) in [7, 11) is 0. The molecule has 0 aliphatic heterocycles. The molecule has 64 valence electrons. The summed E-state index contributed by atoms with van der Waals surface area (Å²) in [6.07, 6.45) is 1.17. The number of hydrogen-bond acceptors (Lipinski definition) is 1. The fourth-order valence-electron chi connectivity index (χ4n) is 0.963. The van der Waals surface area contributed by atoms with E-state index in [1.807, 2.05) is 30.3 Å². The zero-order valence-electron chi connectivity index (χ0n) is 6.65.